The Bertz CT molecular complexity index is 385. The molecule has 2 nitrogen and oxygen atoms in total. The number of hydrogen-bond acceptors (Lipinski definition) is 2. The molecule has 3 heteroatoms. The van der Waals surface area contributed by atoms with Gasteiger partial charge in [0.05, 0.1) is 7.11 Å². The van der Waals surface area contributed by atoms with E-state index in [1.165, 1.54) is 6.07 Å². The summed E-state index contributed by atoms with van der Waals surface area (Å²) in [7, 11) is 3.36. The molecule has 1 aliphatic carbocycles. The smallest absolute Gasteiger partial charge is 0.126 e. The van der Waals surface area contributed by atoms with Crippen LogP contribution >= 0.6 is 0 Å². The zero-order chi connectivity index (χ0) is 15.0. The highest BCUT2D eigenvalue weighted by Crippen LogP contribution is 2.37. The molecule has 1 saturated carbocycles. The van der Waals surface area contributed by atoms with Crippen molar-refractivity contribution in [1.29, 1.82) is 0 Å². The van der Waals surface area contributed by atoms with E-state index in [-0.39, 0.29) is 5.82 Å². The van der Waals surface area contributed by atoms with Gasteiger partial charge in [-0.1, -0.05) is 13.8 Å². The molecule has 1 fully saturated rings. The van der Waals surface area contributed by atoms with E-state index in [2.05, 4.69) is 0 Å². The van der Waals surface area contributed by atoms with E-state index < -0.39 is 0 Å². The minimum atomic E-state index is -0.106. The molecule has 114 valence electrons. The maximum atomic E-state index is 13.9. The van der Waals surface area contributed by atoms with Crippen molar-refractivity contribution in [3.8, 4) is 5.75 Å². The molecule has 1 aromatic carbocycles. The molecule has 0 N–H and O–H groups in total. The van der Waals surface area contributed by atoms with E-state index in [1.807, 2.05) is 19.9 Å². The highest BCUT2D eigenvalue weighted by atomic mass is 19.1. The van der Waals surface area contributed by atoms with E-state index in [0.717, 1.165) is 43.6 Å². The molecule has 0 aliphatic heterocycles. The van der Waals surface area contributed by atoms with E-state index in [9.17, 15) is 4.39 Å². The molecule has 0 saturated heterocycles. The maximum absolute atomic E-state index is 13.9. The minimum Gasteiger partial charge on any atom is -0.497 e. The Labute approximate surface area is 122 Å². The second-order valence-corrected chi connectivity index (χ2v) is 5.06. The number of hydrogen-bond donors (Lipinski definition) is 0. The van der Waals surface area contributed by atoms with Crippen molar-refractivity contribution >= 4 is 0 Å². The van der Waals surface area contributed by atoms with Crippen LogP contribution < -0.4 is 4.74 Å². The summed E-state index contributed by atoms with van der Waals surface area (Å²) in [5, 5.41) is 0. The second-order valence-electron chi connectivity index (χ2n) is 5.06. The maximum Gasteiger partial charge on any atom is 0.126 e. The van der Waals surface area contributed by atoms with E-state index >= 15 is 0 Å². The predicted octanol–water partition coefficient (Wildman–Crippen LogP) is 4.78. The van der Waals surface area contributed by atoms with Crippen LogP contribution in [0.2, 0.25) is 0 Å². The van der Waals surface area contributed by atoms with Crippen LogP contribution in [0.15, 0.2) is 18.2 Å². The Balaban J connectivity index is 0.000000956. The predicted molar refractivity (Wildman–Crippen MR) is 80.9 cm³/mol. The fraction of sp³-hybridized carbons (Fsp3) is 0.647. The van der Waals surface area contributed by atoms with Crippen LogP contribution in [-0.4, -0.2) is 20.8 Å². The van der Waals surface area contributed by atoms with Crippen molar-refractivity contribution in [3.05, 3.63) is 29.6 Å². The van der Waals surface area contributed by atoms with Gasteiger partial charge in [0.2, 0.25) is 0 Å². The molecular weight excluding hydrogens is 255 g/mol. The Hall–Kier alpha value is -1.09. The molecule has 1 aromatic rings. The largest absolute Gasteiger partial charge is 0.497 e. The molecule has 0 unspecified atom stereocenters. The lowest BCUT2D eigenvalue weighted by atomic mass is 9.79. The molecular formula is C17H27FO2. The van der Waals surface area contributed by atoms with E-state index in [0.29, 0.717) is 11.8 Å². The molecule has 0 aromatic heterocycles. The van der Waals surface area contributed by atoms with Crippen LogP contribution in [-0.2, 0) is 4.74 Å². The van der Waals surface area contributed by atoms with E-state index in [1.54, 1.807) is 20.3 Å². The van der Waals surface area contributed by atoms with Crippen LogP contribution in [0.5, 0.6) is 5.75 Å². The first-order chi connectivity index (χ1) is 9.74. The summed E-state index contributed by atoms with van der Waals surface area (Å²) in [6.07, 6.45) is 4.32. The molecule has 1 aliphatic rings. The summed E-state index contributed by atoms with van der Waals surface area (Å²) < 4.78 is 24.2. The SMILES string of the molecule is CC.COCC1CCC(c2cc(OC)ccc2F)CC1. The number of halogens is 1. The van der Waals surface area contributed by atoms with Crippen molar-refractivity contribution in [2.24, 2.45) is 5.92 Å². The summed E-state index contributed by atoms with van der Waals surface area (Å²) >= 11 is 0. The molecule has 0 bridgehead atoms. The van der Waals surface area contributed by atoms with Crippen LogP contribution in [0, 0.1) is 11.7 Å². The number of rotatable bonds is 4. The van der Waals surface area contributed by atoms with Gasteiger partial charge in [-0.05, 0) is 61.3 Å². The molecule has 20 heavy (non-hydrogen) atoms. The van der Waals surface area contributed by atoms with Crippen molar-refractivity contribution in [2.75, 3.05) is 20.8 Å². The lowest BCUT2D eigenvalue weighted by Crippen LogP contribution is -2.17. The lowest BCUT2D eigenvalue weighted by molar-refractivity contribution is 0.127. The van der Waals surface area contributed by atoms with Gasteiger partial charge in [-0.2, -0.15) is 0 Å². The fourth-order valence-corrected chi connectivity index (χ4v) is 2.84. The zero-order valence-corrected chi connectivity index (χ0v) is 13.1. The first kappa shape index (κ1) is 17.0. The number of benzene rings is 1. The zero-order valence-electron chi connectivity index (χ0n) is 13.1. The van der Waals surface area contributed by atoms with Crippen molar-refractivity contribution in [2.45, 2.75) is 45.4 Å². The Morgan fingerprint density at radius 1 is 1.10 bits per heavy atom. The van der Waals surface area contributed by atoms with Gasteiger partial charge in [0.15, 0.2) is 0 Å². The van der Waals surface area contributed by atoms with Crippen molar-refractivity contribution < 1.29 is 13.9 Å². The Kier molecular flexibility index (Phi) is 7.60. The third kappa shape index (κ3) is 4.48. The third-order valence-electron chi connectivity index (χ3n) is 3.89. The van der Waals surface area contributed by atoms with Crippen LogP contribution in [0.3, 0.4) is 0 Å². The third-order valence-corrected chi connectivity index (χ3v) is 3.89. The minimum absolute atomic E-state index is 0.106. The van der Waals surface area contributed by atoms with Gasteiger partial charge in [0, 0.05) is 13.7 Å². The quantitative estimate of drug-likeness (QED) is 0.791. The molecule has 2 rings (SSSR count). The highest BCUT2D eigenvalue weighted by Gasteiger charge is 2.24. The first-order valence-electron chi connectivity index (χ1n) is 7.57. The van der Waals surface area contributed by atoms with Crippen molar-refractivity contribution in [3.63, 3.8) is 0 Å². The summed E-state index contributed by atoms with van der Waals surface area (Å²) in [6, 6.07) is 5.03. The average molecular weight is 282 g/mol. The highest BCUT2D eigenvalue weighted by molar-refractivity contribution is 5.32. The molecule has 0 amide bonds. The van der Waals surface area contributed by atoms with Gasteiger partial charge in [-0.15, -0.1) is 0 Å². The summed E-state index contributed by atoms with van der Waals surface area (Å²) in [5.74, 6) is 1.60. The Morgan fingerprint density at radius 2 is 1.75 bits per heavy atom. The van der Waals surface area contributed by atoms with Crippen LogP contribution in [0.1, 0.15) is 51.0 Å². The van der Waals surface area contributed by atoms with Crippen molar-refractivity contribution in [1.82, 2.24) is 0 Å². The molecule has 0 spiro atoms. The van der Waals surface area contributed by atoms with Gasteiger partial charge in [-0.25, -0.2) is 4.39 Å². The second kappa shape index (κ2) is 8.96. The standard InChI is InChI=1S/C15H21FO2.C2H6/c1-17-10-11-3-5-12(6-4-11)14-9-13(18-2)7-8-15(14)16;1-2/h7-9,11-12H,3-6,10H2,1-2H3;1-2H3. The van der Waals surface area contributed by atoms with Gasteiger partial charge in [-0.3, -0.25) is 0 Å². The number of ether oxygens (including phenoxy) is 2. The Morgan fingerprint density at radius 3 is 2.30 bits per heavy atom. The van der Waals surface area contributed by atoms with E-state index in [4.69, 9.17) is 9.47 Å². The van der Waals surface area contributed by atoms with Gasteiger partial charge < -0.3 is 9.47 Å². The van der Waals surface area contributed by atoms with Gasteiger partial charge >= 0.3 is 0 Å². The first-order valence-corrected chi connectivity index (χ1v) is 7.57. The molecule has 0 radical (unpaired) electrons. The molecule has 0 heterocycles. The van der Waals surface area contributed by atoms with Gasteiger partial charge in [0.25, 0.3) is 0 Å². The lowest BCUT2D eigenvalue weighted by Gasteiger charge is -2.28. The fourth-order valence-electron chi connectivity index (χ4n) is 2.84. The van der Waals surface area contributed by atoms with Crippen LogP contribution in [0.4, 0.5) is 4.39 Å². The van der Waals surface area contributed by atoms with Crippen LogP contribution in [0.25, 0.3) is 0 Å². The molecule has 0 atom stereocenters. The summed E-state index contributed by atoms with van der Waals surface area (Å²) in [6.45, 7) is 4.83. The van der Waals surface area contributed by atoms with Gasteiger partial charge in [0.1, 0.15) is 11.6 Å². The monoisotopic (exact) mass is 282 g/mol. The topological polar surface area (TPSA) is 18.5 Å². The number of methoxy groups -OCH3 is 2. The normalized spacial score (nSPS) is 21.9. The summed E-state index contributed by atoms with van der Waals surface area (Å²) in [5.41, 5.74) is 0.810. The average Bonchev–Trinajstić information content (AvgIpc) is 2.51. The summed E-state index contributed by atoms with van der Waals surface area (Å²) in [4.78, 5) is 0.